The van der Waals surface area contributed by atoms with Crippen LogP contribution in [0.1, 0.15) is 21.5 Å². The van der Waals surface area contributed by atoms with Gasteiger partial charge in [0.05, 0.1) is 36.9 Å². The summed E-state index contributed by atoms with van der Waals surface area (Å²) in [5, 5.41) is 0.970. The standard InChI is InChI=1S/C23H22Cl2N2O4/c1-29-21-9-8-17(10-22(21)30-2)27(14-18-19(24)11-26-12-20(18)25)13-15-4-6-16(7-5-15)23(28)31-3/h4-12H,13-14H2,1-3H3. The molecule has 1 heterocycles. The molecule has 0 N–H and O–H groups in total. The number of pyridine rings is 1. The number of anilines is 1. The molecule has 0 amide bonds. The van der Waals surface area contributed by atoms with Gasteiger partial charge in [0.15, 0.2) is 11.5 Å². The molecule has 31 heavy (non-hydrogen) atoms. The highest BCUT2D eigenvalue weighted by Crippen LogP contribution is 2.34. The highest BCUT2D eigenvalue weighted by Gasteiger charge is 2.16. The van der Waals surface area contributed by atoms with Crippen molar-refractivity contribution in [1.82, 2.24) is 4.98 Å². The zero-order chi connectivity index (χ0) is 22.4. The number of ether oxygens (including phenoxy) is 3. The fraction of sp³-hybridized carbons (Fsp3) is 0.217. The van der Waals surface area contributed by atoms with E-state index in [0.29, 0.717) is 40.2 Å². The maximum Gasteiger partial charge on any atom is 0.337 e. The fourth-order valence-electron chi connectivity index (χ4n) is 3.12. The van der Waals surface area contributed by atoms with Gasteiger partial charge in [0, 0.05) is 42.8 Å². The molecule has 0 atom stereocenters. The van der Waals surface area contributed by atoms with Crippen LogP contribution in [0.3, 0.4) is 0 Å². The Labute approximate surface area is 191 Å². The molecule has 3 rings (SSSR count). The minimum atomic E-state index is -0.376. The van der Waals surface area contributed by atoms with Crippen molar-refractivity contribution in [3.8, 4) is 11.5 Å². The van der Waals surface area contributed by atoms with E-state index in [1.807, 2.05) is 30.3 Å². The lowest BCUT2D eigenvalue weighted by Crippen LogP contribution is -2.22. The van der Waals surface area contributed by atoms with E-state index in [9.17, 15) is 4.79 Å². The summed E-state index contributed by atoms with van der Waals surface area (Å²) >= 11 is 12.7. The maximum atomic E-state index is 11.7. The Morgan fingerprint density at radius 2 is 1.55 bits per heavy atom. The van der Waals surface area contributed by atoms with Crippen LogP contribution in [-0.4, -0.2) is 32.3 Å². The highest BCUT2D eigenvalue weighted by molar-refractivity contribution is 6.35. The second-order valence-corrected chi connectivity index (χ2v) is 7.48. The second-order valence-electron chi connectivity index (χ2n) is 6.67. The van der Waals surface area contributed by atoms with Crippen LogP contribution in [0.2, 0.25) is 10.0 Å². The summed E-state index contributed by atoms with van der Waals surface area (Å²) in [4.78, 5) is 17.9. The molecule has 6 nitrogen and oxygen atoms in total. The molecule has 8 heteroatoms. The van der Waals surface area contributed by atoms with Crippen molar-refractivity contribution in [2.75, 3.05) is 26.2 Å². The normalized spacial score (nSPS) is 10.5. The van der Waals surface area contributed by atoms with Gasteiger partial charge >= 0.3 is 5.97 Å². The molecular weight excluding hydrogens is 439 g/mol. The summed E-state index contributed by atoms with van der Waals surface area (Å²) in [6.07, 6.45) is 3.14. The third kappa shape index (κ3) is 5.40. The number of esters is 1. The zero-order valence-electron chi connectivity index (χ0n) is 17.4. The van der Waals surface area contributed by atoms with Crippen molar-refractivity contribution in [1.29, 1.82) is 0 Å². The zero-order valence-corrected chi connectivity index (χ0v) is 18.9. The predicted molar refractivity (Wildman–Crippen MR) is 121 cm³/mol. The molecule has 1 aromatic heterocycles. The SMILES string of the molecule is COC(=O)c1ccc(CN(Cc2c(Cl)cncc2Cl)c2ccc(OC)c(OC)c2)cc1. The number of hydrogen-bond donors (Lipinski definition) is 0. The molecule has 162 valence electrons. The van der Waals surface area contributed by atoms with Gasteiger partial charge in [-0.1, -0.05) is 35.3 Å². The molecule has 0 unspecified atom stereocenters. The molecule has 0 saturated carbocycles. The molecule has 0 saturated heterocycles. The average Bonchev–Trinajstić information content (AvgIpc) is 2.80. The van der Waals surface area contributed by atoms with Crippen LogP contribution in [0.25, 0.3) is 0 Å². The number of aromatic nitrogens is 1. The first-order chi connectivity index (χ1) is 15.0. The minimum absolute atomic E-state index is 0.376. The Balaban J connectivity index is 1.97. The van der Waals surface area contributed by atoms with Gasteiger partial charge in [0.1, 0.15) is 0 Å². The number of nitrogens with zero attached hydrogens (tertiary/aromatic N) is 2. The van der Waals surface area contributed by atoms with E-state index < -0.39 is 0 Å². The summed E-state index contributed by atoms with van der Waals surface area (Å²) in [5.74, 6) is 0.866. The van der Waals surface area contributed by atoms with Crippen LogP contribution in [0.4, 0.5) is 5.69 Å². The van der Waals surface area contributed by atoms with Gasteiger partial charge in [-0.05, 0) is 29.8 Å². The van der Waals surface area contributed by atoms with Crippen LogP contribution in [0.5, 0.6) is 11.5 Å². The number of halogens is 2. The largest absolute Gasteiger partial charge is 0.493 e. The van der Waals surface area contributed by atoms with Crippen LogP contribution < -0.4 is 14.4 Å². The lowest BCUT2D eigenvalue weighted by atomic mass is 10.1. The van der Waals surface area contributed by atoms with Crippen LogP contribution in [0, 0.1) is 0 Å². The first-order valence-corrected chi connectivity index (χ1v) is 10.1. The molecule has 2 aromatic carbocycles. The molecule has 3 aromatic rings. The maximum absolute atomic E-state index is 11.7. The molecular formula is C23H22Cl2N2O4. The van der Waals surface area contributed by atoms with E-state index in [1.54, 1.807) is 38.7 Å². The predicted octanol–water partition coefficient (Wildman–Crippen LogP) is 5.40. The first-order valence-electron chi connectivity index (χ1n) is 9.39. The molecule has 0 aliphatic carbocycles. The number of benzene rings is 2. The van der Waals surface area contributed by atoms with Crippen molar-refractivity contribution in [2.45, 2.75) is 13.1 Å². The minimum Gasteiger partial charge on any atom is -0.493 e. The third-order valence-electron chi connectivity index (χ3n) is 4.78. The van der Waals surface area contributed by atoms with E-state index in [0.717, 1.165) is 16.8 Å². The number of carbonyl (C=O) groups is 1. The first kappa shape index (κ1) is 22.7. The van der Waals surface area contributed by atoms with Crippen LogP contribution >= 0.6 is 23.2 Å². The highest BCUT2D eigenvalue weighted by atomic mass is 35.5. The number of rotatable bonds is 8. The summed E-state index contributed by atoms with van der Waals surface area (Å²) in [6, 6.07) is 12.9. The summed E-state index contributed by atoms with van der Waals surface area (Å²) < 4.78 is 15.6. The Morgan fingerprint density at radius 1 is 0.903 bits per heavy atom. The van der Waals surface area contributed by atoms with E-state index in [4.69, 9.17) is 37.4 Å². The average molecular weight is 461 g/mol. The van der Waals surface area contributed by atoms with Crippen LogP contribution in [0.15, 0.2) is 54.9 Å². The van der Waals surface area contributed by atoms with E-state index in [-0.39, 0.29) is 5.97 Å². The smallest absolute Gasteiger partial charge is 0.337 e. The second kappa shape index (κ2) is 10.4. The van der Waals surface area contributed by atoms with Gasteiger partial charge in [-0.2, -0.15) is 0 Å². The monoisotopic (exact) mass is 460 g/mol. The molecule has 0 aliphatic rings. The third-order valence-corrected chi connectivity index (χ3v) is 5.43. The van der Waals surface area contributed by atoms with Crippen LogP contribution in [-0.2, 0) is 17.8 Å². The van der Waals surface area contributed by atoms with Crippen molar-refractivity contribution in [3.63, 3.8) is 0 Å². The fourth-order valence-corrected chi connectivity index (χ4v) is 3.61. The Hall–Kier alpha value is -2.96. The quantitative estimate of drug-likeness (QED) is 0.419. The number of methoxy groups -OCH3 is 3. The molecule has 0 spiro atoms. The van der Waals surface area contributed by atoms with Crippen molar-refractivity contribution in [2.24, 2.45) is 0 Å². The van der Waals surface area contributed by atoms with E-state index >= 15 is 0 Å². The van der Waals surface area contributed by atoms with Gasteiger partial charge in [-0.3, -0.25) is 4.98 Å². The van der Waals surface area contributed by atoms with E-state index in [1.165, 1.54) is 7.11 Å². The van der Waals surface area contributed by atoms with E-state index in [2.05, 4.69) is 9.88 Å². The Morgan fingerprint density at radius 3 is 2.13 bits per heavy atom. The van der Waals surface area contributed by atoms with Gasteiger partial charge < -0.3 is 19.1 Å². The summed E-state index contributed by atoms with van der Waals surface area (Å²) in [6.45, 7) is 0.973. The van der Waals surface area contributed by atoms with Gasteiger partial charge in [-0.15, -0.1) is 0 Å². The summed E-state index contributed by atoms with van der Waals surface area (Å²) in [5.41, 5.74) is 3.13. The summed E-state index contributed by atoms with van der Waals surface area (Å²) in [7, 11) is 4.54. The number of hydrogen-bond acceptors (Lipinski definition) is 6. The Bertz CT molecular complexity index is 1040. The van der Waals surface area contributed by atoms with Crippen molar-refractivity contribution >= 4 is 34.9 Å². The molecule has 0 radical (unpaired) electrons. The number of carbonyl (C=O) groups excluding carboxylic acids is 1. The topological polar surface area (TPSA) is 60.9 Å². The molecule has 0 fully saturated rings. The van der Waals surface area contributed by atoms with Crippen molar-refractivity contribution < 1.29 is 19.0 Å². The van der Waals surface area contributed by atoms with Gasteiger partial charge in [0.2, 0.25) is 0 Å². The van der Waals surface area contributed by atoms with Gasteiger partial charge in [-0.25, -0.2) is 4.79 Å². The lowest BCUT2D eigenvalue weighted by Gasteiger charge is -2.27. The molecule has 0 bridgehead atoms. The molecule has 0 aliphatic heterocycles. The Kier molecular flexibility index (Phi) is 7.60. The van der Waals surface area contributed by atoms with Gasteiger partial charge in [0.25, 0.3) is 0 Å². The van der Waals surface area contributed by atoms with Crippen molar-refractivity contribution in [3.05, 3.63) is 81.6 Å². The lowest BCUT2D eigenvalue weighted by molar-refractivity contribution is 0.0600.